The van der Waals surface area contributed by atoms with Crippen LogP contribution in [0.3, 0.4) is 0 Å². The summed E-state index contributed by atoms with van der Waals surface area (Å²) < 4.78 is 27.2. The topological polar surface area (TPSA) is 82.6 Å². The van der Waals surface area contributed by atoms with Crippen molar-refractivity contribution in [3.63, 3.8) is 0 Å². The van der Waals surface area contributed by atoms with E-state index in [0.29, 0.717) is 26.2 Å². The average molecular weight is 471 g/mol. The Morgan fingerprint density at radius 1 is 1.03 bits per heavy atom. The third-order valence-corrected chi connectivity index (χ3v) is 8.61. The van der Waals surface area contributed by atoms with E-state index in [4.69, 9.17) is 0 Å². The van der Waals surface area contributed by atoms with Gasteiger partial charge in [-0.1, -0.05) is 51.1 Å². The van der Waals surface area contributed by atoms with Crippen LogP contribution in [0.5, 0.6) is 0 Å². The molecule has 0 unspecified atom stereocenters. The smallest absolute Gasteiger partial charge is 0.230 e. The number of amides is 1. The molecule has 1 N–H and O–H groups in total. The van der Waals surface area contributed by atoms with Crippen molar-refractivity contribution in [2.45, 2.75) is 44.4 Å². The summed E-state index contributed by atoms with van der Waals surface area (Å²) in [7, 11) is -3.42. The number of hydrogen-bond donors (Lipinski definition) is 1. The highest BCUT2D eigenvalue weighted by atomic mass is 32.2. The van der Waals surface area contributed by atoms with Gasteiger partial charge in [0.2, 0.25) is 15.9 Å². The Balaban J connectivity index is 1.28. The van der Waals surface area contributed by atoms with E-state index in [9.17, 15) is 13.2 Å². The van der Waals surface area contributed by atoms with Crippen LogP contribution in [-0.4, -0.2) is 62.1 Å². The molecule has 1 aromatic heterocycles. The zero-order valence-corrected chi connectivity index (χ0v) is 20.6. The van der Waals surface area contributed by atoms with Crippen molar-refractivity contribution in [3.05, 3.63) is 59.8 Å². The number of carbonyl (C=O) groups is 1. The van der Waals surface area contributed by atoms with Crippen molar-refractivity contribution in [2.24, 2.45) is 0 Å². The molecule has 0 atom stereocenters. The maximum atomic E-state index is 12.9. The summed E-state index contributed by atoms with van der Waals surface area (Å²) in [5, 5.41) is 2.89. The fourth-order valence-electron chi connectivity index (χ4n) is 4.39. The van der Waals surface area contributed by atoms with Crippen molar-refractivity contribution >= 4 is 21.7 Å². The van der Waals surface area contributed by atoms with Crippen LogP contribution in [0.2, 0.25) is 0 Å². The molecule has 1 amide bonds. The van der Waals surface area contributed by atoms with Gasteiger partial charge in [0.1, 0.15) is 5.82 Å². The molecule has 1 aromatic carbocycles. The van der Waals surface area contributed by atoms with E-state index in [2.05, 4.69) is 48.1 Å². The lowest BCUT2D eigenvalue weighted by Crippen LogP contribution is -2.50. The molecule has 33 heavy (non-hydrogen) atoms. The Bertz CT molecular complexity index is 1070. The number of hydrogen-bond acceptors (Lipinski definition) is 5. The summed E-state index contributed by atoms with van der Waals surface area (Å²) in [4.78, 5) is 19.4. The molecule has 1 saturated heterocycles. The second-order valence-electron chi connectivity index (χ2n) is 10.1. The zero-order chi connectivity index (χ0) is 23.7. The SMILES string of the molecule is CC(C)(C)c1ccc(C2(C(=O)NCCS(=O)(=O)N3CCN(c4ccccn4)CC3)CC2)cc1. The fraction of sp³-hybridized carbons (Fsp3) is 0.520. The van der Waals surface area contributed by atoms with Crippen LogP contribution in [0.25, 0.3) is 0 Å². The monoisotopic (exact) mass is 470 g/mol. The Kier molecular flexibility index (Phi) is 6.51. The molecule has 1 aliphatic heterocycles. The molecule has 2 aromatic rings. The number of benzene rings is 1. The van der Waals surface area contributed by atoms with Gasteiger partial charge >= 0.3 is 0 Å². The minimum absolute atomic E-state index is 0.0644. The van der Waals surface area contributed by atoms with Gasteiger partial charge in [0, 0.05) is 38.9 Å². The number of piperazine rings is 1. The lowest BCUT2D eigenvalue weighted by molar-refractivity contribution is -0.123. The van der Waals surface area contributed by atoms with Crippen LogP contribution in [0.15, 0.2) is 48.7 Å². The summed E-state index contributed by atoms with van der Waals surface area (Å²) in [5.74, 6) is 0.717. The molecular formula is C25H34N4O3S. The molecule has 178 valence electrons. The first-order valence-electron chi connectivity index (χ1n) is 11.6. The lowest BCUT2D eigenvalue weighted by atomic mass is 9.85. The highest BCUT2D eigenvalue weighted by molar-refractivity contribution is 7.89. The van der Waals surface area contributed by atoms with Gasteiger partial charge in [0.25, 0.3) is 0 Å². The van der Waals surface area contributed by atoms with Crippen LogP contribution in [0, 0.1) is 0 Å². The second kappa shape index (κ2) is 9.06. The molecule has 2 aliphatic rings. The van der Waals surface area contributed by atoms with Crippen molar-refractivity contribution in [2.75, 3.05) is 43.4 Å². The number of anilines is 1. The molecule has 1 aliphatic carbocycles. The summed E-state index contributed by atoms with van der Waals surface area (Å²) in [6, 6.07) is 14.0. The summed E-state index contributed by atoms with van der Waals surface area (Å²) in [6.07, 6.45) is 3.35. The highest BCUT2D eigenvalue weighted by Crippen LogP contribution is 2.48. The van der Waals surface area contributed by atoms with Crippen molar-refractivity contribution in [1.29, 1.82) is 0 Å². The number of rotatable bonds is 7. The van der Waals surface area contributed by atoms with Crippen LogP contribution in [0.1, 0.15) is 44.7 Å². The molecule has 7 nitrogen and oxygen atoms in total. The largest absolute Gasteiger partial charge is 0.354 e. The maximum absolute atomic E-state index is 12.9. The molecule has 1 saturated carbocycles. The van der Waals surface area contributed by atoms with E-state index in [1.165, 1.54) is 9.87 Å². The third kappa shape index (κ3) is 5.22. The standard InChI is InChI=1S/C25H34N4O3S/c1-24(2,3)20-7-9-21(10-8-20)25(11-12-25)23(30)27-14-19-33(31,32)29-17-15-28(16-18-29)22-6-4-5-13-26-22/h4-10,13H,11-12,14-19H2,1-3H3,(H,27,30). The van der Waals surface area contributed by atoms with Crippen LogP contribution in [-0.2, 0) is 25.6 Å². The summed E-state index contributed by atoms with van der Waals surface area (Å²) >= 11 is 0. The van der Waals surface area contributed by atoms with Gasteiger partial charge in [-0.25, -0.2) is 13.4 Å². The third-order valence-electron chi connectivity index (χ3n) is 6.74. The zero-order valence-electron chi connectivity index (χ0n) is 19.8. The van der Waals surface area contributed by atoms with Crippen molar-refractivity contribution in [1.82, 2.24) is 14.6 Å². The van der Waals surface area contributed by atoms with Crippen LogP contribution in [0.4, 0.5) is 5.82 Å². The predicted molar refractivity (Wildman–Crippen MR) is 131 cm³/mol. The van der Waals surface area contributed by atoms with Gasteiger partial charge in [-0.2, -0.15) is 4.31 Å². The number of nitrogens with one attached hydrogen (secondary N) is 1. The first-order chi connectivity index (χ1) is 15.6. The van der Waals surface area contributed by atoms with E-state index in [1.54, 1.807) is 6.20 Å². The minimum atomic E-state index is -3.42. The maximum Gasteiger partial charge on any atom is 0.230 e. The molecular weight excluding hydrogens is 436 g/mol. The van der Waals surface area contributed by atoms with Gasteiger partial charge in [-0.15, -0.1) is 0 Å². The molecule has 0 radical (unpaired) electrons. The van der Waals surface area contributed by atoms with E-state index in [0.717, 1.165) is 24.2 Å². The fourth-order valence-corrected chi connectivity index (χ4v) is 5.73. The number of sulfonamides is 1. The lowest BCUT2D eigenvalue weighted by Gasteiger charge is -2.34. The molecule has 4 rings (SSSR count). The highest BCUT2D eigenvalue weighted by Gasteiger charge is 2.51. The Morgan fingerprint density at radius 2 is 1.70 bits per heavy atom. The van der Waals surface area contributed by atoms with Gasteiger partial charge in [-0.05, 0) is 41.5 Å². The van der Waals surface area contributed by atoms with E-state index >= 15 is 0 Å². The minimum Gasteiger partial charge on any atom is -0.354 e. The Morgan fingerprint density at radius 3 is 2.24 bits per heavy atom. The predicted octanol–water partition coefficient (Wildman–Crippen LogP) is 2.68. The normalized spacial score (nSPS) is 18.7. The molecule has 2 heterocycles. The molecule has 2 fully saturated rings. The van der Waals surface area contributed by atoms with Gasteiger partial charge < -0.3 is 10.2 Å². The average Bonchev–Trinajstić information content (AvgIpc) is 3.61. The van der Waals surface area contributed by atoms with Crippen molar-refractivity contribution in [3.8, 4) is 0 Å². The van der Waals surface area contributed by atoms with Gasteiger partial charge in [0.05, 0.1) is 11.2 Å². The quantitative estimate of drug-likeness (QED) is 0.673. The number of carbonyl (C=O) groups excluding carboxylic acids is 1. The summed E-state index contributed by atoms with van der Waals surface area (Å²) in [5.41, 5.74) is 1.81. The van der Waals surface area contributed by atoms with E-state index < -0.39 is 15.4 Å². The van der Waals surface area contributed by atoms with Gasteiger partial charge in [-0.3, -0.25) is 4.79 Å². The van der Waals surface area contributed by atoms with Crippen LogP contribution < -0.4 is 10.2 Å². The molecule has 0 bridgehead atoms. The second-order valence-corrected chi connectivity index (χ2v) is 12.1. The van der Waals surface area contributed by atoms with Crippen LogP contribution >= 0.6 is 0 Å². The summed E-state index contributed by atoms with van der Waals surface area (Å²) in [6.45, 7) is 8.70. The molecule has 8 heteroatoms. The van der Waals surface area contributed by atoms with Gasteiger partial charge in [0.15, 0.2) is 0 Å². The first kappa shape index (κ1) is 23.7. The number of aromatic nitrogens is 1. The molecule has 0 spiro atoms. The first-order valence-corrected chi connectivity index (χ1v) is 13.3. The van der Waals surface area contributed by atoms with E-state index in [1.807, 2.05) is 30.3 Å². The van der Waals surface area contributed by atoms with E-state index in [-0.39, 0.29) is 23.6 Å². The number of pyridine rings is 1. The number of nitrogens with zero attached hydrogens (tertiary/aromatic N) is 3. The Labute approximate surface area is 197 Å². The van der Waals surface area contributed by atoms with Crippen molar-refractivity contribution < 1.29 is 13.2 Å². The Hall–Kier alpha value is -2.45.